The Bertz CT molecular complexity index is 499. The maximum absolute atomic E-state index is 12.5. The molecule has 1 saturated heterocycles. The molecule has 0 saturated carbocycles. The van der Waals surface area contributed by atoms with Gasteiger partial charge in [-0.25, -0.2) is 0 Å². The fraction of sp³-hybridized carbons (Fsp3) is 0.611. The Hall–Kier alpha value is -1.43. The van der Waals surface area contributed by atoms with Gasteiger partial charge in [-0.1, -0.05) is 26.0 Å². The van der Waals surface area contributed by atoms with Crippen molar-refractivity contribution in [2.24, 2.45) is 5.92 Å². The van der Waals surface area contributed by atoms with Crippen molar-refractivity contribution in [3.05, 3.63) is 35.4 Å². The zero-order valence-electron chi connectivity index (χ0n) is 14.1. The van der Waals surface area contributed by atoms with Crippen LogP contribution < -0.4 is 5.32 Å². The summed E-state index contributed by atoms with van der Waals surface area (Å²) in [6.07, 6.45) is 0.580. The fourth-order valence-corrected chi connectivity index (χ4v) is 2.79. The van der Waals surface area contributed by atoms with Crippen LogP contribution >= 0.6 is 0 Å². The third kappa shape index (κ3) is 5.61. The van der Waals surface area contributed by atoms with Gasteiger partial charge in [0.25, 0.3) is 5.91 Å². The highest BCUT2D eigenvalue weighted by Gasteiger charge is 2.17. The van der Waals surface area contributed by atoms with Gasteiger partial charge < -0.3 is 15.2 Å². The third-order valence-corrected chi connectivity index (χ3v) is 4.26. The topological polar surface area (TPSA) is 61.8 Å². The summed E-state index contributed by atoms with van der Waals surface area (Å²) in [6, 6.07) is 7.78. The van der Waals surface area contributed by atoms with E-state index in [0.717, 1.165) is 38.4 Å². The molecule has 1 fully saturated rings. The molecular formula is C18H28N2O3. The number of benzene rings is 1. The van der Waals surface area contributed by atoms with Crippen LogP contribution in [-0.4, -0.2) is 54.9 Å². The lowest BCUT2D eigenvalue weighted by molar-refractivity contribution is 0.0342. The van der Waals surface area contributed by atoms with Gasteiger partial charge in [0.2, 0.25) is 0 Å². The summed E-state index contributed by atoms with van der Waals surface area (Å²) >= 11 is 0. The molecule has 5 heteroatoms. The summed E-state index contributed by atoms with van der Waals surface area (Å²) in [4.78, 5) is 14.8. The lowest BCUT2D eigenvalue weighted by Gasteiger charge is -2.26. The molecule has 1 aliphatic rings. The van der Waals surface area contributed by atoms with Gasteiger partial charge in [-0.15, -0.1) is 0 Å². The number of amides is 1. The number of aliphatic hydroxyl groups is 1. The molecule has 2 rings (SSSR count). The van der Waals surface area contributed by atoms with Crippen molar-refractivity contribution in [1.82, 2.24) is 10.2 Å². The van der Waals surface area contributed by atoms with E-state index in [9.17, 15) is 4.79 Å². The Balaban J connectivity index is 1.98. The van der Waals surface area contributed by atoms with Crippen LogP contribution in [0, 0.1) is 5.92 Å². The quantitative estimate of drug-likeness (QED) is 0.802. The molecule has 1 amide bonds. The molecule has 1 aromatic carbocycles. The number of aliphatic hydroxyl groups excluding tert-OH is 1. The largest absolute Gasteiger partial charge is 0.396 e. The Morgan fingerprint density at radius 2 is 2.09 bits per heavy atom. The van der Waals surface area contributed by atoms with E-state index in [0.29, 0.717) is 17.9 Å². The smallest absolute Gasteiger partial charge is 0.251 e. The van der Waals surface area contributed by atoms with E-state index in [-0.39, 0.29) is 18.6 Å². The van der Waals surface area contributed by atoms with Crippen LogP contribution in [0.3, 0.4) is 0 Å². The fourth-order valence-electron chi connectivity index (χ4n) is 2.79. The molecule has 0 spiro atoms. The van der Waals surface area contributed by atoms with E-state index in [1.807, 2.05) is 18.2 Å². The summed E-state index contributed by atoms with van der Waals surface area (Å²) < 4.78 is 5.36. The standard InChI is InChI=1S/C18H28N2O3/c1-14(2)17(6-9-21)19-18(22)16-5-3-4-15(12-16)13-20-7-10-23-11-8-20/h3-5,12,14,17,21H,6-11,13H2,1-2H3,(H,19,22). The van der Waals surface area contributed by atoms with Gasteiger partial charge in [0.15, 0.2) is 0 Å². The molecule has 23 heavy (non-hydrogen) atoms. The molecule has 128 valence electrons. The maximum atomic E-state index is 12.5. The van der Waals surface area contributed by atoms with E-state index in [1.165, 1.54) is 0 Å². The minimum Gasteiger partial charge on any atom is -0.396 e. The summed E-state index contributed by atoms with van der Waals surface area (Å²) in [7, 11) is 0. The second-order valence-corrected chi connectivity index (χ2v) is 6.43. The Kier molecular flexibility index (Phi) is 7.02. The van der Waals surface area contributed by atoms with Gasteiger partial charge in [0.05, 0.1) is 13.2 Å². The highest BCUT2D eigenvalue weighted by Crippen LogP contribution is 2.12. The number of rotatable bonds is 7. The number of hydrogen-bond donors (Lipinski definition) is 2. The molecule has 1 aliphatic heterocycles. The molecule has 1 aromatic rings. The molecule has 0 radical (unpaired) electrons. The third-order valence-electron chi connectivity index (χ3n) is 4.26. The Morgan fingerprint density at radius 3 is 2.74 bits per heavy atom. The minimum absolute atomic E-state index is 0.00426. The highest BCUT2D eigenvalue weighted by molar-refractivity contribution is 5.94. The van der Waals surface area contributed by atoms with Crippen LogP contribution in [0.4, 0.5) is 0 Å². The lowest BCUT2D eigenvalue weighted by Crippen LogP contribution is -2.39. The van der Waals surface area contributed by atoms with Gasteiger partial charge in [-0.3, -0.25) is 9.69 Å². The zero-order valence-corrected chi connectivity index (χ0v) is 14.1. The first-order valence-corrected chi connectivity index (χ1v) is 8.41. The maximum Gasteiger partial charge on any atom is 0.251 e. The van der Waals surface area contributed by atoms with Crippen molar-refractivity contribution in [2.75, 3.05) is 32.9 Å². The summed E-state index contributed by atoms with van der Waals surface area (Å²) in [5, 5.41) is 12.2. The van der Waals surface area contributed by atoms with Gasteiger partial charge in [0.1, 0.15) is 0 Å². The van der Waals surface area contributed by atoms with Gasteiger partial charge in [0, 0.05) is 37.8 Å². The number of nitrogens with one attached hydrogen (secondary N) is 1. The van der Waals surface area contributed by atoms with Crippen LogP contribution in [0.15, 0.2) is 24.3 Å². The number of hydrogen-bond acceptors (Lipinski definition) is 4. The molecule has 1 unspecified atom stereocenters. The molecule has 0 aromatic heterocycles. The first-order valence-electron chi connectivity index (χ1n) is 8.41. The van der Waals surface area contributed by atoms with Gasteiger partial charge >= 0.3 is 0 Å². The van der Waals surface area contributed by atoms with E-state index >= 15 is 0 Å². The number of carbonyl (C=O) groups is 1. The lowest BCUT2D eigenvalue weighted by atomic mass is 10.0. The van der Waals surface area contributed by atoms with Gasteiger partial charge in [-0.05, 0) is 30.0 Å². The van der Waals surface area contributed by atoms with Crippen molar-refractivity contribution in [3.63, 3.8) is 0 Å². The van der Waals surface area contributed by atoms with Crippen molar-refractivity contribution in [2.45, 2.75) is 32.9 Å². The van der Waals surface area contributed by atoms with Crippen molar-refractivity contribution < 1.29 is 14.6 Å². The predicted molar refractivity (Wildman–Crippen MR) is 90.3 cm³/mol. The van der Waals surface area contributed by atoms with Crippen LogP contribution in [0.2, 0.25) is 0 Å². The van der Waals surface area contributed by atoms with Crippen molar-refractivity contribution in [3.8, 4) is 0 Å². The monoisotopic (exact) mass is 320 g/mol. The molecule has 0 bridgehead atoms. The van der Waals surface area contributed by atoms with Crippen LogP contribution in [-0.2, 0) is 11.3 Å². The normalized spacial score (nSPS) is 17.2. The highest BCUT2D eigenvalue weighted by atomic mass is 16.5. The molecule has 5 nitrogen and oxygen atoms in total. The molecule has 0 aliphatic carbocycles. The number of ether oxygens (including phenoxy) is 1. The second kappa shape index (κ2) is 9.01. The summed E-state index contributed by atoms with van der Waals surface area (Å²) in [5.41, 5.74) is 1.82. The first-order chi connectivity index (χ1) is 11.1. The molecule has 2 N–H and O–H groups in total. The molecule has 1 atom stereocenters. The van der Waals surface area contributed by atoms with E-state index in [1.54, 1.807) is 0 Å². The van der Waals surface area contributed by atoms with Crippen molar-refractivity contribution >= 4 is 5.91 Å². The Labute approximate surface area is 138 Å². The number of nitrogens with zero attached hydrogens (tertiary/aromatic N) is 1. The molecular weight excluding hydrogens is 292 g/mol. The van der Waals surface area contributed by atoms with Crippen LogP contribution in [0.1, 0.15) is 36.2 Å². The number of morpholine rings is 1. The zero-order chi connectivity index (χ0) is 16.7. The van der Waals surface area contributed by atoms with Crippen LogP contribution in [0.5, 0.6) is 0 Å². The minimum atomic E-state index is -0.0685. The number of carbonyl (C=O) groups excluding carboxylic acids is 1. The summed E-state index contributed by atoms with van der Waals surface area (Å²) in [6.45, 7) is 8.44. The van der Waals surface area contributed by atoms with Crippen LogP contribution in [0.25, 0.3) is 0 Å². The van der Waals surface area contributed by atoms with Crippen molar-refractivity contribution in [1.29, 1.82) is 0 Å². The average Bonchev–Trinajstić information content (AvgIpc) is 2.55. The van der Waals surface area contributed by atoms with E-state index in [2.05, 4.69) is 30.1 Å². The second-order valence-electron chi connectivity index (χ2n) is 6.43. The average molecular weight is 320 g/mol. The first kappa shape index (κ1) is 17.9. The predicted octanol–water partition coefficient (Wildman–Crippen LogP) is 1.66. The SMILES string of the molecule is CC(C)C(CCO)NC(=O)c1cccc(CN2CCOCC2)c1. The molecule has 1 heterocycles. The van der Waals surface area contributed by atoms with Gasteiger partial charge in [-0.2, -0.15) is 0 Å². The van der Waals surface area contributed by atoms with E-state index < -0.39 is 0 Å². The van der Waals surface area contributed by atoms with E-state index in [4.69, 9.17) is 9.84 Å². The summed E-state index contributed by atoms with van der Waals surface area (Å²) in [5.74, 6) is 0.226. The Morgan fingerprint density at radius 1 is 1.35 bits per heavy atom.